The average molecular weight is 542 g/mol. The molecule has 0 unspecified atom stereocenters. The third-order valence-corrected chi connectivity index (χ3v) is 4.71. The van der Waals surface area contributed by atoms with Crippen molar-refractivity contribution < 1.29 is 50.1 Å². The first-order chi connectivity index (χ1) is 17.3. The van der Waals surface area contributed by atoms with Crippen molar-refractivity contribution in [3.63, 3.8) is 0 Å². The number of rotatable bonds is 5. The molecule has 0 saturated heterocycles. The van der Waals surface area contributed by atoms with E-state index < -0.39 is 11.9 Å². The minimum absolute atomic E-state index is 0. The number of allylic oxidation sites excluding steroid dienone is 2. The molecule has 0 saturated carbocycles. The van der Waals surface area contributed by atoms with Crippen LogP contribution in [0.3, 0.4) is 0 Å². The van der Waals surface area contributed by atoms with E-state index in [-0.39, 0.29) is 46.0 Å². The minimum atomic E-state index is -0.563. The molecular weight excluding hydrogens is 516 g/mol. The van der Waals surface area contributed by atoms with Crippen molar-refractivity contribution in [2.45, 2.75) is 27.7 Å². The number of hydrogen-bond acceptors (Lipinski definition) is 4. The zero-order valence-corrected chi connectivity index (χ0v) is 22.0. The van der Waals surface area contributed by atoms with Gasteiger partial charge in [-0.15, -0.1) is 0 Å². The number of ether oxygens (including phenoxy) is 2. The van der Waals surface area contributed by atoms with Gasteiger partial charge in [0.2, 0.25) is 0 Å². The van der Waals surface area contributed by atoms with E-state index in [1.807, 2.05) is 81.5 Å². The van der Waals surface area contributed by atoms with Crippen molar-refractivity contribution in [3.8, 4) is 0 Å². The Bertz CT molecular complexity index is 1150. The third kappa shape index (κ3) is 10.1. The largest absolute Gasteiger partial charge is 0 e. The summed E-state index contributed by atoms with van der Waals surface area (Å²) < 4.78 is 33.5. The van der Waals surface area contributed by atoms with Gasteiger partial charge >= 0.3 is 45.8 Å². The Morgan fingerprint density at radius 3 is 1.86 bits per heavy atom. The van der Waals surface area contributed by atoms with E-state index in [2.05, 4.69) is 20.0 Å². The van der Waals surface area contributed by atoms with Gasteiger partial charge in [-0.2, -0.15) is 0 Å². The summed E-state index contributed by atoms with van der Waals surface area (Å²) in [5, 5.41) is 0. The Morgan fingerprint density at radius 2 is 1.41 bits per heavy atom. The van der Waals surface area contributed by atoms with Crippen LogP contribution in [0.2, 0.25) is 0 Å². The van der Waals surface area contributed by atoms with Crippen molar-refractivity contribution in [3.05, 3.63) is 115 Å². The predicted molar refractivity (Wildman–Crippen MR) is 130 cm³/mol. The van der Waals surface area contributed by atoms with E-state index in [9.17, 15) is 9.59 Å². The van der Waals surface area contributed by atoms with Crippen LogP contribution >= 0.6 is 0 Å². The van der Waals surface area contributed by atoms with Crippen LogP contribution in [0.5, 0.6) is 0 Å². The van der Waals surface area contributed by atoms with Crippen LogP contribution in [0.4, 0.5) is 0 Å². The van der Waals surface area contributed by atoms with E-state index >= 15 is 0 Å². The topological polar surface area (TPSA) is 112 Å². The van der Waals surface area contributed by atoms with Crippen molar-refractivity contribution >= 4 is 23.6 Å². The summed E-state index contributed by atoms with van der Waals surface area (Å²) in [6.07, 6.45) is 3.86. The number of carbonyl (C=O) groups excluding carboxylic acids is 2. The zero-order chi connectivity index (χ0) is 27.7. The van der Waals surface area contributed by atoms with E-state index in [0.29, 0.717) is 5.56 Å². The van der Waals surface area contributed by atoms with Crippen molar-refractivity contribution in [1.82, 2.24) is 0 Å². The number of cyclic esters (lactones) is 1. The molecular formula is C29H26FeO7. The second kappa shape index (κ2) is 18.6. The Balaban J connectivity index is 0. The molecule has 0 amide bonds. The summed E-state index contributed by atoms with van der Waals surface area (Å²) in [5.41, 5.74) is 2.41. The van der Waals surface area contributed by atoms with Crippen molar-refractivity contribution in [2.75, 3.05) is 6.61 Å². The molecule has 37 heavy (non-hydrogen) atoms. The molecule has 1 aliphatic rings. The SMILES string of the molecule is CCOC(=O)C1=C(c2ccccc2)C(=O)O/C1=C(/C=C/c1ccccc1)C(C)(C)C.[C-]#[O+].[C-]#[O+].[C-]#[O+].[Fe]. The van der Waals surface area contributed by atoms with Gasteiger partial charge in [0.1, 0.15) is 11.3 Å². The Labute approximate surface area is 227 Å². The summed E-state index contributed by atoms with van der Waals surface area (Å²) in [4.78, 5) is 25.8. The fourth-order valence-electron chi connectivity index (χ4n) is 3.28. The van der Waals surface area contributed by atoms with Crippen molar-refractivity contribution in [2.24, 2.45) is 5.41 Å². The first-order valence-electron chi connectivity index (χ1n) is 10.6. The molecule has 0 N–H and O–H groups in total. The Morgan fingerprint density at radius 1 is 0.919 bits per heavy atom. The van der Waals surface area contributed by atoms with Gasteiger partial charge in [0.15, 0.2) is 0 Å². The summed E-state index contributed by atoms with van der Waals surface area (Å²) in [5.74, 6) is -0.849. The molecule has 0 fully saturated rings. The van der Waals surface area contributed by atoms with Crippen LogP contribution in [-0.2, 0) is 50.1 Å². The normalized spacial score (nSPS) is 13.2. The molecule has 7 nitrogen and oxygen atoms in total. The minimum Gasteiger partial charge on any atom is 0 e. The molecule has 8 heteroatoms. The van der Waals surface area contributed by atoms with E-state index in [1.54, 1.807) is 19.1 Å². The smallest absolute Gasteiger partial charge is 0 e. The first kappa shape index (κ1) is 35.5. The van der Waals surface area contributed by atoms with Gasteiger partial charge < -0.3 is 9.47 Å². The molecule has 0 spiro atoms. The number of carbonyl (C=O) groups is 2. The van der Waals surface area contributed by atoms with Crippen LogP contribution in [0.1, 0.15) is 38.8 Å². The molecule has 0 atom stereocenters. The maximum atomic E-state index is 12.9. The molecule has 192 valence electrons. The Hall–Kier alpha value is -3.66. The fraction of sp³-hybridized carbons (Fsp3) is 0.207. The predicted octanol–water partition coefficient (Wildman–Crippen LogP) is 5.46. The van der Waals surface area contributed by atoms with E-state index in [4.69, 9.17) is 23.4 Å². The second-order valence-electron chi connectivity index (χ2n) is 7.96. The van der Waals surface area contributed by atoms with Crippen molar-refractivity contribution in [1.29, 1.82) is 0 Å². The Kier molecular flexibility index (Phi) is 17.8. The van der Waals surface area contributed by atoms with Crippen LogP contribution < -0.4 is 0 Å². The molecule has 0 radical (unpaired) electrons. The molecule has 2 aromatic rings. The van der Waals surface area contributed by atoms with E-state index in [1.165, 1.54) is 0 Å². The quantitative estimate of drug-likeness (QED) is 0.216. The molecule has 0 bridgehead atoms. The van der Waals surface area contributed by atoms with Gasteiger partial charge in [0.05, 0.1) is 12.2 Å². The summed E-state index contributed by atoms with van der Waals surface area (Å²) in [7, 11) is 0. The number of esters is 2. The number of benzene rings is 2. The van der Waals surface area contributed by atoms with Crippen LogP contribution in [0.25, 0.3) is 11.6 Å². The van der Waals surface area contributed by atoms with Crippen LogP contribution in [-0.4, -0.2) is 18.5 Å². The third-order valence-electron chi connectivity index (χ3n) is 4.71. The molecule has 3 rings (SSSR count). The van der Waals surface area contributed by atoms with Crippen LogP contribution in [0, 0.1) is 25.4 Å². The maximum Gasteiger partial charge on any atom is 0 e. The van der Waals surface area contributed by atoms with Crippen LogP contribution in [0.15, 0.2) is 83.6 Å². The summed E-state index contributed by atoms with van der Waals surface area (Å²) >= 11 is 0. The molecule has 0 aliphatic carbocycles. The zero-order valence-electron chi connectivity index (χ0n) is 20.8. The summed E-state index contributed by atoms with van der Waals surface area (Å²) in [6.45, 7) is 21.5. The van der Waals surface area contributed by atoms with Gasteiger partial charge in [-0.1, -0.05) is 93.6 Å². The molecule has 2 aromatic carbocycles. The van der Waals surface area contributed by atoms with Gasteiger partial charge in [0, 0.05) is 22.6 Å². The van der Waals surface area contributed by atoms with Gasteiger partial charge in [-0.3, -0.25) is 0 Å². The maximum absolute atomic E-state index is 12.9. The van der Waals surface area contributed by atoms with Gasteiger partial charge in [0.25, 0.3) is 0 Å². The molecule has 1 heterocycles. The van der Waals surface area contributed by atoms with Gasteiger partial charge in [-0.25, -0.2) is 9.59 Å². The second-order valence-corrected chi connectivity index (χ2v) is 7.96. The standard InChI is InChI=1S/C26H26O4.3CO.Fe/c1-5-29-24(27)22-21(19-14-10-7-11-15-19)25(28)30-23(22)20(26(2,3)4)17-16-18-12-8-6-9-13-18;3*1-2;/h6-17H,5H2,1-4H3;;;;/b17-16+,23-20-;;;;. The summed E-state index contributed by atoms with van der Waals surface area (Å²) in [6, 6.07) is 18.9. The first-order valence-corrected chi connectivity index (χ1v) is 10.6. The molecule has 0 aromatic heterocycles. The van der Waals surface area contributed by atoms with Gasteiger partial charge in [-0.05, 0) is 23.5 Å². The average Bonchev–Trinajstić information content (AvgIpc) is 3.24. The fourth-order valence-corrected chi connectivity index (χ4v) is 3.28. The number of hydrogen-bond donors (Lipinski definition) is 0. The van der Waals surface area contributed by atoms with E-state index in [0.717, 1.165) is 11.1 Å². The molecule has 1 aliphatic heterocycles. The monoisotopic (exact) mass is 542 g/mol.